The summed E-state index contributed by atoms with van der Waals surface area (Å²) in [5.41, 5.74) is 7.52. The smallest absolute Gasteiger partial charge is 0.410 e. The van der Waals surface area contributed by atoms with Crippen LogP contribution in [0, 0.1) is 0 Å². The number of amides is 3. The lowest BCUT2D eigenvalue weighted by Crippen LogP contribution is -2.52. The van der Waals surface area contributed by atoms with Gasteiger partial charge in [-0.1, -0.05) is 119 Å². The van der Waals surface area contributed by atoms with Gasteiger partial charge in [-0.15, -0.1) is 0 Å². The van der Waals surface area contributed by atoms with Gasteiger partial charge in [-0.05, 0) is 153 Å². The number of carbonyl (C=O) groups excluding carboxylic acids is 4. The number of allylic oxidation sites excluding steroid dienone is 2. The molecule has 2 aliphatic heterocycles. The fourth-order valence-corrected chi connectivity index (χ4v) is 10.9. The van der Waals surface area contributed by atoms with Crippen LogP contribution < -0.4 is 16.0 Å². The van der Waals surface area contributed by atoms with Crippen molar-refractivity contribution in [2.24, 2.45) is 0 Å². The van der Waals surface area contributed by atoms with Gasteiger partial charge in [0.25, 0.3) is 0 Å². The van der Waals surface area contributed by atoms with E-state index in [-0.39, 0.29) is 31.5 Å². The number of carbonyl (C=O) groups is 4. The lowest BCUT2D eigenvalue weighted by molar-refractivity contribution is -0.128. The molecule has 0 radical (unpaired) electrons. The molecule has 0 spiro atoms. The van der Waals surface area contributed by atoms with Crippen molar-refractivity contribution < 1.29 is 28.7 Å². The monoisotopic (exact) mass is 1370 g/mol. The van der Waals surface area contributed by atoms with E-state index in [0.29, 0.717) is 71.4 Å². The van der Waals surface area contributed by atoms with Gasteiger partial charge in [0.1, 0.15) is 11.2 Å². The van der Waals surface area contributed by atoms with E-state index < -0.39 is 22.5 Å². The molecule has 488 valence electrons. The van der Waals surface area contributed by atoms with Crippen molar-refractivity contribution in [2.75, 3.05) is 62.8 Å². The van der Waals surface area contributed by atoms with E-state index in [0.717, 1.165) is 94.2 Å². The highest BCUT2D eigenvalue weighted by Gasteiger charge is 2.34. The summed E-state index contributed by atoms with van der Waals surface area (Å²) in [6, 6.07) is 31.7. The largest absolute Gasteiger partial charge is 0.444 e. The molecule has 0 saturated carbocycles. The maximum atomic E-state index is 13.5. The fraction of sp³-hybridized carbons (Fsp3) is 0.362. The van der Waals surface area contributed by atoms with E-state index in [1.54, 1.807) is 29.4 Å². The summed E-state index contributed by atoms with van der Waals surface area (Å²) in [6.07, 6.45) is 16.4. The molecule has 4 aromatic carbocycles. The molecule has 2 fully saturated rings. The van der Waals surface area contributed by atoms with Crippen LogP contribution in [0.25, 0.3) is 44.3 Å². The number of H-pyrrole nitrogens is 2. The molecule has 5 N–H and O–H groups in total. The molecule has 23 heteroatoms. The number of para-hydroxylation sites is 2. The zero-order valence-corrected chi connectivity index (χ0v) is 56.4. The van der Waals surface area contributed by atoms with Crippen molar-refractivity contribution in [3.8, 4) is 22.5 Å². The molecular formula is C69H83BrCl3N13O6. The normalized spacial score (nSPS) is 15.0. The van der Waals surface area contributed by atoms with Crippen LogP contribution in [0.2, 0.25) is 10.0 Å². The van der Waals surface area contributed by atoms with Crippen LogP contribution in [-0.2, 0) is 32.2 Å². The lowest BCUT2D eigenvalue weighted by Gasteiger charge is -2.39. The van der Waals surface area contributed by atoms with E-state index in [2.05, 4.69) is 51.8 Å². The van der Waals surface area contributed by atoms with Crippen LogP contribution in [0.5, 0.6) is 0 Å². The Morgan fingerprint density at radius 3 is 1.59 bits per heavy atom. The molecule has 10 rings (SSSR count). The number of alkyl halides is 1. The fourth-order valence-electron chi connectivity index (χ4n) is 10.2. The molecule has 8 aromatic rings. The number of fused-ring (bicyclic) bond motifs is 2. The minimum Gasteiger partial charge on any atom is -0.444 e. The molecule has 3 amide bonds. The number of ether oxygens (including phenoxy) is 2. The summed E-state index contributed by atoms with van der Waals surface area (Å²) >= 11 is 21.0. The molecule has 2 aliphatic rings. The number of rotatable bonds is 17. The first-order valence-corrected chi connectivity index (χ1v) is 32.4. The van der Waals surface area contributed by atoms with Gasteiger partial charge in [0.05, 0.1) is 39.9 Å². The van der Waals surface area contributed by atoms with Crippen LogP contribution in [-0.4, -0.2) is 148 Å². The van der Waals surface area contributed by atoms with Crippen molar-refractivity contribution in [2.45, 2.75) is 111 Å². The van der Waals surface area contributed by atoms with Crippen molar-refractivity contribution in [1.29, 1.82) is 0 Å². The quantitative estimate of drug-likeness (QED) is 0.0325. The highest BCUT2D eigenvalue weighted by Crippen LogP contribution is 2.35. The number of aromatic amines is 2. The zero-order valence-electron chi connectivity index (χ0n) is 52.5. The van der Waals surface area contributed by atoms with E-state index in [1.807, 2.05) is 186 Å². The Morgan fingerprint density at radius 2 is 1.15 bits per heavy atom. The molecular weight excluding hydrogens is 1290 g/mol. The minimum atomic E-state index is -0.647. The van der Waals surface area contributed by atoms with Crippen molar-refractivity contribution >= 4 is 119 Å². The van der Waals surface area contributed by atoms with Crippen molar-refractivity contribution in [1.82, 2.24) is 54.8 Å². The Hall–Kier alpha value is -7.85. The first-order chi connectivity index (χ1) is 43.5. The van der Waals surface area contributed by atoms with Crippen LogP contribution >= 0.6 is 50.7 Å². The number of halogens is 4. The highest BCUT2D eigenvalue weighted by molar-refractivity contribution is 9.09. The Morgan fingerprint density at radius 1 is 0.674 bits per heavy atom. The van der Waals surface area contributed by atoms with Crippen molar-refractivity contribution in [3.05, 3.63) is 167 Å². The van der Waals surface area contributed by atoms with Gasteiger partial charge >= 0.3 is 12.2 Å². The zero-order chi connectivity index (χ0) is 65.2. The average Bonchev–Trinajstić information content (AvgIpc) is 1.62. The first kappa shape index (κ1) is 71.6. The van der Waals surface area contributed by atoms with E-state index in [9.17, 15) is 19.2 Å². The molecule has 92 heavy (non-hydrogen) atoms. The number of anilines is 4. The van der Waals surface area contributed by atoms with Gasteiger partial charge in [0.15, 0.2) is 0 Å². The topological polar surface area (TPSA) is 219 Å². The third kappa shape index (κ3) is 21.1. The molecule has 0 bridgehead atoms. The van der Waals surface area contributed by atoms with Crippen LogP contribution in [0.15, 0.2) is 146 Å². The number of hydrogen-bond donors (Lipinski definition) is 5. The van der Waals surface area contributed by atoms with Gasteiger partial charge in [0.2, 0.25) is 23.0 Å². The summed E-state index contributed by atoms with van der Waals surface area (Å²) in [7, 11) is 3.92. The van der Waals surface area contributed by atoms with Gasteiger partial charge in [-0.3, -0.25) is 19.4 Å². The summed E-state index contributed by atoms with van der Waals surface area (Å²) in [6.45, 7) is 15.6. The second-order valence-electron chi connectivity index (χ2n) is 24.2. The standard InChI is InChI=1S/C35H42ClN7O3.C29H33ClN6O2.C4H4BrClO.CH4/c1-35(2,3)46-34(45)43(26-10-8-19-42(23-26)31(44)13-9-18-41(4)5)22-24-14-16-25(17-15-24)39-33-38-21-29(36)32(40-33)28-20-37-30-12-7-6-11-27(28)30;1-29(2,3)38-28(37)36(21-7-6-14-31-15-21)18-19-10-12-20(13-11-19)34-27-33-17-24(30)26(35-27)23-16-32-25-9-5-4-8-22(23)25;5-3-1-2-4(6)7;/h6-7,9,11-17,20-21,26,37H,8,10,18-19,22-23H2,1-5H3,(H,38,39,40);4-5,8-13,16-17,21,31-32H,6-7,14-15,18H2,1-3H3,(H,33,34,35);1-2H,3H2;1H4/b13-9+;;2-1+;/t26-;21-;;/m11../s1. The van der Waals surface area contributed by atoms with E-state index in [4.69, 9.17) is 54.2 Å². The Labute approximate surface area is 562 Å². The van der Waals surface area contributed by atoms with Crippen LogP contribution in [0.3, 0.4) is 0 Å². The van der Waals surface area contributed by atoms with Crippen molar-refractivity contribution in [3.63, 3.8) is 0 Å². The second-order valence-corrected chi connectivity index (χ2v) is 26.1. The molecule has 6 heterocycles. The van der Waals surface area contributed by atoms with E-state index in [1.165, 1.54) is 6.08 Å². The molecule has 19 nitrogen and oxygen atoms in total. The molecule has 2 atom stereocenters. The first-order valence-electron chi connectivity index (χ1n) is 30.1. The number of benzene rings is 4. The summed E-state index contributed by atoms with van der Waals surface area (Å²) in [5, 5.41) is 13.2. The third-order valence-corrected chi connectivity index (χ3v) is 15.5. The maximum absolute atomic E-state index is 13.5. The molecule has 0 aliphatic carbocycles. The Kier molecular flexibility index (Phi) is 26.2. The van der Waals surface area contributed by atoms with Crippen LogP contribution in [0.4, 0.5) is 32.9 Å². The van der Waals surface area contributed by atoms with Gasteiger partial charge in [0, 0.05) is 113 Å². The van der Waals surface area contributed by atoms with E-state index >= 15 is 0 Å². The average molecular weight is 1380 g/mol. The predicted octanol–water partition coefficient (Wildman–Crippen LogP) is 15.7. The van der Waals surface area contributed by atoms with Crippen LogP contribution in [0.1, 0.15) is 85.8 Å². The molecule has 2 saturated heterocycles. The number of hydrogen-bond acceptors (Lipinski definition) is 14. The second kappa shape index (κ2) is 33.6. The number of aromatic nitrogens is 6. The molecule has 4 aromatic heterocycles. The molecule has 0 unspecified atom stereocenters. The van der Waals surface area contributed by atoms with Gasteiger partial charge in [-0.2, -0.15) is 0 Å². The van der Waals surface area contributed by atoms with Gasteiger partial charge < -0.3 is 45.2 Å². The Balaban J connectivity index is 0.000000237. The third-order valence-electron chi connectivity index (χ3n) is 14.5. The number of likely N-dealkylation sites (tertiary alicyclic amines) is 1. The summed E-state index contributed by atoms with van der Waals surface area (Å²) < 4.78 is 11.5. The van der Waals surface area contributed by atoms with Gasteiger partial charge in [-0.25, -0.2) is 29.5 Å². The Bertz CT molecular complexity index is 3800. The highest BCUT2D eigenvalue weighted by atomic mass is 79.9. The summed E-state index contributed by atoms with van der Waals surface area (Å²) in [5.74, 6) is 0.828. The number of piperidine rings is 2. The lowest BCUT2D eigenvalue weighted by atomic mass is 10.0. The number of nitrogens with zero attached hydrogens (tertiary/aromatic N) is 8. The predicted molar refractivity (Wildman–Crippen MR) is 375 cm³/mol. The summed E-state index contributed by atoms with van der Waals surface area (Å²) in [4.78, 5) is 81.4. The minimum absolute atomic E-state index is 0. The maximum Gasteiger partial charge on any atom is 0.410 e. The number of likely N-dealkylation sites (N-methyl/N-ethyl adjacent to an activating group) is 1. The number of nitrogens with one attached hydrogen (secondary N) is 5. The SMILES string of the molecule is C.CC(C)(C)OC(=O)N(Cc1ccc(Nc2ncc(Cl)c(-c3c[nH]c4ccccc34)n2)cc1)[C@@H]1CCCNC1.CN(C)C/C=C/C(=O)N1CCC[C@@H](N(Cc2ccc(Nc3ncc(Cl)c(-c4c[nH]c5ccccc45)n3)cc2)C(=O)OC(C)(C)C)C1.O=C(Cl)/C=C/CBr.